The second kappa shape index (κ2) is 4.87. The molecule has 1 fully saturated rings. The first-order valence-corrected chi connectivity index (χ1v) is 7.00. The first-order chi connectivity index (χ1) is 9.93. The smallest absolute Gasteiger partial charge is 0.405 e. The Kier molecular flexibility index (Phi) is 3.27. The van der Waals surface area contributed by atoms with Gasteiger partial charge in [-0.1, -0.05) is 17.9 Å². The van der Waals surface area contributed by atoms with Gasteiger partial charge < -0.3 is 9.64 Å². The predicted molar refractivity (Wildman–Crippen MR) is 74.4 cm³/mol. The van der Waals surface area contributed by atoms with Crippen LogP contribution in [0.2, 0.25) is 0 Å². The number of para-hydroxylation sites is 1. The molecule has 0 aromatic heterocycles. The average Bonchev–Trinajstić information content (AvgIpc) is 3.22. The molecule has 0 unspecified atom stereocenters. The summed E-state index contributed by atoms with van der Waals surface area (Å²) in [6.45, 7) is 1.41. The third-order valence-electron chi connectivity index (χ3n) is 4.02. The van der Waals surface area contributed by atoms with Gasteiger partial charge in [0.05, 0.1) is 17.9 Å². The number of nitrogens with zero attached hydrogens (tertiary/aromatic N) is 1. The highest BCUT2D eigenvalue weighted by Crippen LogP contribution is 2.57. The number of hydrogen-bond acceptors (Lipinski definition) is 2. The lowest BCUT2D eigenvalue weighted by Gasteiger charge is -2.18. The monoisotopic (exact) mass is 295 g/mol. The van der Waals surface area contributed by atoms with Crippen molar-refractivity contribution in [2.24, 2.45) is 5.41 Å². The molecule has 0 atom stereocenters. The van der Waals surface area contributed by atoms with Crippen LogP contribution in [0.5, 0.6) is 5.75 Å². The van der Waals surface area contributed by atoms with Gasteiger partial charge >= 0.3 is 6.18 Å². The van der Waals surface area contributed by atoms with Gasteiger partial charge in [-0.15, -0.1) is 0 Å². The Labute approximate surface area is 121 Å². The van der Waals surface area contributed by atoms with Gasteiger partial charge in [-0.25, -0.2) is 0 Å². The van der Waals surface area contributed by atoms with Crippen LogP contribution in [-0.2, 0) is 0 Å². The van der Waals surface area contributed by atoms with Gasteiger partial charge in [0.1, 0.15) is 5.41 Å². The number of anilines is 1. The minimum Gasteiger partial charge on any atom is -0.490 e. The van der Waals surface area contributed by atoms with Crippen LogP contribution < -0.4 is 9.64 Å². The number of benzene rings is 1. The molecule has 21 heavy (non-hydrogen) atoms. The van der Waals surface area contributed by atoms with Crippen molar-refractivity contribution < 1.29 is 17.9 Å². The highest BCUT2D eigenvalue weighted by atomic mass is 19.4. The highest BCUT2D eigenvalue weighted by Gasteiger charge is 2.62. The zero-order chi connectivity index (χ0) is 15.1. The normalized spacial score (nSPS) is 19.7. The molecule has 0 radical (unpaired) electrons. The molecule has 2 aliphatic rings. The predicted octanol–water partition coefficient (Wildman–Crippen LogP) is 3.60. The van der Waals surface area contributed by atoms with E-state index in [1.807, 2.05) is 18.0 Å². The van der Waals surface area contributed by atoms with E-state index in [0.717, 1.165) is 18.7 Å². The van der Waals surface area contributed by atoms with Gasteiger partial charge in [-0.2, -0.15) is 13.2 Å². The SMILES string of the molecule is CN1CCCOc2c(C#CC3(C(F)(F)F)CC3)cccc21. The standard InChI is InChI=1S/C16H16F3NO/c1-20-10-3-11-21-14-12(4-2-5-13(14)20)6-7-15(8-9-15)16(17,18)19/h2,4-5H,3,8-11H2,1H3. The highest BCUT2D eigenvalue weighted by molar-refractivity contribution is 5.66. The van der Waals surface area contributed by atoms with Crippen LogP contribution in [0.15, 0.2) is 18.2 Å². The Morgan fingerprint density at radius 3 is 2.71 bits per heavy atom. The number of ether oxygens (including phenoxy) is 1. The number of rotatable bonds is 0. The second-order valence-corrected chi connectivity index (χ2v) is 5.61. The maximum atomic E-state index is 12.9. The van der Waals surface area contributed by atoms with E-state index in [4.69, 9.17) is 4.74 Å². The molecule has 0 N–H and O–H groups in total. The van der Waals surface area contributed by atoms with E-state index in [1.54, 1.807) is 12.1 Å². The Morgan fingerprint density at radius 2 is 2.05 bits per heavy atom. The van der Waals surface area contributed by atoms with Crippen LogP contribution in [0.25, 0.3) is 0 Å². The Hall–Kier alpha value is -1.83. The molecular formula is C16H16F3NO. The summed E-state index contributed by atoms with van der Waals surface area (Å²) in [5.74, 6) is 5.75. The van der Waals surface area contributed by atoms with Crippen LogP contribution in [0.4, 0.5) is 18.9 Å². The summed E-state index contributed by atoms with van der Waals surface area (Å²) in [5, 5.41) is 0. The molecule has 2 nitrogen and oxygen atoms in total. The van der Waals surface area contributed by atoms with E-state index in [9.17, 15) is 13.2 Å². The fraction of sp³-hybridized carbons (Fsp3) is 0.500. The molecule has 1 saturated carbocycles. The van der Waals surface area contributed by atoms with E-state index in [1.165, 1.54) is 0 Å². The molecule has 1 aliphatic heterocycles. The zero-order valence-corrected chi connectivity index (χ0v) is 11.8. The number of alkyl halides is 3. The summed E-state index contributed by atoms with van der Waals surface area (Å²) in [7, 11) is 1.95. The third kappa shape index (κ3) is 2.55. The Morgan fingerprint density at radius 1 is 1.29 bits per heavy atom. The molecule has 1 aromatic rings. The van der Waals surface area contributed by atoms with E-state index < -0.39 is 11.6 Å². The van der Waals surface area contributed by atoms with E-state index >= 15 is 0 Å². The van der Waals surface area contributed by atoms with E-state index in [0.29, 0.717) is 17.9 Å². The lowest BCUT2D eigenvalue weighted by atomic mass is 10.1. The maximum Gasteiger partial charge on any atom is 0.405 e. The van der Waals surface area contributed by atoms with Crippen molar-refractivity contribution in [3.8, 4) is 17.6 Å². The van der Waals surface area contributed by atoms with Gasteiger partial charge in [0.2, 0.25) is 0 Å². The van der Waals surface area contributed by atoms with Crippen LogP contribution in [0.3, 0.4) is 0 Å². The number of fused-ring (bicyclic) bond motifs is 1. The summed E-state index contributed by atoms with van der Waals surface area (Å²) in [5.41, 5.74) is -0.375. The van der Waals surface area contributed by atoms with Crippen LogP contribution in [0, 0.1) is 17.3 Å². The first-order valence-electron chi connectivity index (χ1n) is 7.00. The second-order valence-electron chi connectivity index (χ2n) is 5.61. The van der Waals surface area contributed by atoms with Crippen molar-refractivity contribution in [3.05, 3.63) is 23.8 Å². The fourth-order valence-corrected chi connectivity index (χ4v) is 2.46. The van der Waals surface area contributed by atoms with Crippen molar-refractivity contribution in [1.29, 1.82) is 0 Å². The molecule has 3 rings (SSSR count). The minimum absolute atomic E-state index is 0.0965. The van der Waals surface area contributed by atoms with Gasteiger partial charge in [-0.05, 0) is 31.4 Å². The van der Waals surface area contributed by atoms with E-state index in [-0.39, 0.29) is 12.8 Å². The number of halogens is 3. The fourth-order valence-electron chi connectivity index (χ4n) is 2.46. The summed E-state index contributed by atoms with van der Waals surface area (Å²) in [4.78, 5) is 2.05. The minimum atomic E-state index is -4.25. The lowest BCUT2D eigenvalue weighted by Crippen LogP contribution is -2.22. The van der Waals surface area contributed by atoms with Crippen LogP contribution >= 0.6 is 0 Å². The maximum absolute atomic E-state index is 12.9. The quantitative estimate of drug-likeness (QED) is 0.678. The van der Waals surface area contributed by atoms with Crippen molar-refractivity contribution in [3.63, 3.8) is 0 Å². The molecule has 0 bridgehead atoms. The molecule has 1 aliphatic carbocycles. The Bertz CT molecular complexity index is 608. The molecular weight excluding hydrogens is 279 g/mol. The van der Waals surface area contributed by atoms with Gasteiger partial charge in [0.15, 0.2) is 5.75 Å². The molecule has 0 spiro atoms. The summed E-state index contributed by atoms with van der Waals surface area (Å²) in [6.07, 6.45) is -3.17. The van der Waals surface area contributed by atoms with E-state index in [2.05, 4.69) is 11.8 Å². The van der Waals surface area contributed by atoms with Gasteiger partial charge in [-0.3, -0.25) is 0 Å². The lowest BCUT2D eigenvalue weighted by molar-refractivity contribution is -0.168. The van der Waals surface area contributed by atoms with Crippen LogP contribution in [-0.4, -0.2) is 26.4 Å². The molecule has 0 amide bonds. The first kappa shape index (κ1) is 14.1. The molecule has 1 aromatic carbocycles. The van der Waals surface area contributed by atoms with Crippen molar-refractivity contribution in [2.45, 2.75) is 25.4 Å². The summed E-state index contributed by atoms with van der Waals surface area (Å²) < 4.78 is 44.5. The van der Waals surface area contributed by atoms with Gasteiger partial charge in [0.25, 0.3) is 0 Å². The van der Waals surface area contributed by atoms with Crippen molar-refractivity contribution in [1.82, 2.24) is 0 Å². The molecule has 0 saturated heterocycles. The average molecular weight is 295 g/mol. The zero-order valence-electron chi connectivity index (χ0n) is 11.8. The molecule has 1 heterocycles. The van der Waals surface area contributed by atoms with Gasteiger partial charge in [0, 0.05) is 13.6 Å². The summed E-state index contributed by atoms with van der Waals surface area (Å²) >= 11 is 0. The topological polar surface area (TPSA) is 12.5 Å². The molecule has 112 valence electrons. The number of hydrogen-bond donors (Lipinski definition) is 0. The summed E-state index contributed by atoms with van der Waals surface area (Å²) in [6, 6.07) is 5.43. The third-order valence-corrected chi connectivity index (χ3v) is 4.02. The largest absolute Gasteiger partial charge is 0.490 e. The van der Waals surface area contributed by atoms with Crippen molar-refractivity contribution in [2.75, 3.05) is 25.1 Å². The Balaban J connectivity index is 1.97. The van der Waals surface area contributed by atoms with Crippen LogP contribution in [0.1, 0.15) is 24.8 Å². The molecule has 5 heteroatoms. The van der Waals surface area contributed by atoms with Crippen molar-refractivity contribution >= 4 is 5.69 Å².